The number of carbonyl (C=O) groups excluding carboxylic acids is 3. The summed E-state index contributed by atoms with van der Waals surface area (Å²) in [6.07, 6.45) is 0.441. The van der Waals surface area contributed by atoms with Crippen molar-refractivity contribution in [3.05, 3.63) is 94.0 Å². The van der Waals surface area contributed by atoms with Gasteiger partial charge in [0.25, 0.3) is 5.91 Å². The Hall–Kier alpha value is -4.82. The molecule has 6 rings (SSSR count). The number of piperazine rings is 1. The molecule has 2 saturated heterocycles. The van der Waals surface area contributed by atoms with Gasteiger partial charge in [-0.25, -0.2) is 8.78 Å². The number of nitrogens with one attached hydrogen (secondary N) is 1. The van der Waals surface area contributed by atoms with E-state index in [4.69, 9.17) is 10.00 Å². The fourth-order valence-electron chi connectivity index (χ4n) is 5.87. The van der Waals surface area contributed by atoms with Gasteiger partial charge in [0.2, 0.25) is 11.8 Å². The predicted molar refractivity (Wildman–Crippen MR) is 152 cm³/mol. The maximum Gasteiger partial charge on any atom is 0.255 e. The van der Waals surface area contributed by atoms with Gasteiger partial charge in [-0.2, -0.15) is 5.26 Å². The molecule has 0 radical (unpaired) electrons. The summed E-state index contributed by atoms with van der Waals surface area (Å²) >= 11 is 0. The van der Waals surface area contributed by atoms with Gasteiger partial charge in [-0.3, -0.25) is 24.6 Å². The van der Waals surface area contributed by atoms with Crippen LogP contribution in [0.2, 0.25) is 0 Å². The minimum atomic E-state index is -0.724. The molecule has 3 aliphatic rings. The van der Waals surface area contributed by atoms with Crippen molar-refractivity contribution >= 4 is 23.4 Å². The van der Waals surface area contributed by atoms with E-state index in [1.54, 1.807) is 36.4 Å². The lowest BCUT2D eigenvalue weighted by atomic mass is 10.0. The number of piperidine rings is 1. The van der Waals surface area contributed by atoms with E-state index in [0.29, 0.717) is 42.1 Å². The van der Waals surface area contributed by atoms with E-state index >= 15 is 4.39 Å². The van der Waals surface area contributed by atoms with Crippen LogP contribution in [0.5, 0.6) is 5.75 Å². The van der Waals surface area contributed by atoms with Gasteiger partial charge in [0, 0.05) is 61.5 Å². The minimum absolute atomic E-state index is 0.0267. The van der Waals surface area contributed by atoms with E-state index in [1.165, 1.54) is 17.0 Å². The highest BCUT2D eigenvalue weighted by Crippen LogP contribution is 2.34. The van der Waals surface area contributed by atoms with Crippen molar-refractivity contribution in [2.75, 3.05) is 31.1 Å². The van der Waals surface area contributed by atoms with Crippen LogP contribution in [-0.4, -0.2) is 59.7 Å². The highest BCUT2D eigenvalue weighted by molar-refractivity contribution is 6.05. The highest BCUT2D eigenvalue weighted by atomic mass is 19.1. The lowest BCUT2D eigenvalue weighted by Gasteiger charge is -2.36. The van der Waals surface area contributed by atoms with Crippen LogP contribution in [-0.2, 0) is 29.3 Å². The molecule has 43 heavy (non-hydrogen) atoms. The smallest absolute Gasteiger partial charge is 0.255 e. The molecule has 0 aliphatic carbocycles. The van der Waals surface area contributed by atoms with Crippen LogP contribution in [0.1, 0.15) is 45.5 Å². The molecule has 3 heterocycles. The van der Waals surface area contributed by atoms with Gasteiger partial charge in [-0.1, -0.05) is 18.2 Å². The zero-order chi connectivity index (χ0) is 30.1. The first-order valence-corrected chi connectivity index (χ1v) is 14.1. The molecule has 0 spiro atoms. The quantitative estimate of drug-likeness (QED) is 0.423. The van der Waals surface area contributed by atoms with E-state index in [2.05, 4.69) is 15.1 Å². The molecular formula is C32H29F2N5O4. The van der Waals surface area contributed by atoms with Crippen LogP contribution in [0, 0.1) is 23.0 Å². The van der Waals surface area contributed by atoms with Crippen LogP contribution >= 0.6 is 0 Å². The molecule has 2 fully saturated rings. The number of halogens is 2. The van der Waals surface area contributed by atoms with E-state index < -0.39 is 17.8 Å². The van der Waals surface area contributed by atoms with Gasteiger partial charge in [0.15, 0.2) is 0 Å². The van der Waals surface area contributed by atoms with Crippen molar-refractivity contribution in [3.8, 4) is 11.8 Å². The van der Waals surface area contributed by atoms with E-state index in [-0.39, 0.29) is 49.2 Å². The Morgan fingerprint density at radius 3 is 2.53 bits per heavy atom. The number of rotatable bonds is 7. The summed E-state index contributed by atoms with van der Waals surface area (Å²) < 4.78 is 34.8. The molecule has 9 nitrogen and oxygen atoms in total. The summed E-state index contributed by atoms with van der Waals surface area (Å²) in [5.41, 5.74) is 3.11. The number of hydrogen-bond acceptors (Lipinski definition) is 7. The summed E-state index contributed by atoms with van der Waals surface area (Å²) in [4.78, 5) is 42.7. The molecule has 11 heteroatoms. The minimum Gasteiger partial charge on any atom is -0.488 e. The van der Waals surface area contributed by atoms with Crippen LogP contribution < -0.4 is 15.0 Å². The molecule has 0 saturated carbocycles. The largest absolute Gasteiger partial charge is 0.488 e. The van der Waals surface area contributed by atoms with Crippen LogP contribution in [0.25, 0.3) is 0 Å². The average Bonchev–Trinajstić information content (AvgIpc) is 3.34. The average molecular weight is 586 g/mol. The number of fused-ring (bicyclic) bond motifs is 1. The number of nitrogens with zero attached hydrogens (tertiary/aromatic N) is 4. The molecule has 1 atom stereocenters. The Morgan fingerprint density at radius 1 is 0.977 bits per heavy atom. The van der Waals surface area contributed by atoms with Gasteiger partial charge in [-0.05, 0) is 48.4 Å². The maximum absolute atomic E-state index is 15.1. The third-order valence-corrected chi connectivity index (χ3v) is 8.25. The molecule has 220 valence electrons. The summed E-state index contributed by atoms with van der Waals surface area (Å²) in [6.45, 7) is 3.59. The van der Waals surface area contributed by atoms with Crippen molar-refractivity contribution < 1.29 is 27.9 Å². The first-order valence-electron chi connectivity index (χ1n) is 14.1. The Bertz CT molecular complexity index is 1650. The Balaban J connectivity index is 1.05. The first-order chi connectivity index (χ1) is 20.8. The normalized spacial score (nSPS) is 18.8. The Morgan fingerprint density at radius 2 is 1.79 bits per heavy atom. The number of carbonyl (C=O) groups is 3. The van der Waals surface area contributed by atoms with Crippen molar-refractivity contribution in [1.29, 1.82) is 5.26 Å². The second-order valence-corrected chi connectivity index (χ2v) is 10.9. The topological polar surface area (TPSA) is 106 Å². The number of hydrogen-bond donors (Lipinski definition) is 1. The molecule has 3 aromatic rings. The van der Waals surface area contributed by atoms with Crippen molar-refractivity contribution in [1.82, 2.24) is 15.1 Å². The molecule has 3 aliphatic heterocycles. The number of nitriles is 1. The fourth-order valence-corrected chi connectivity index (χ4v) is 5.87. The SMILES string of the molecule is N#Cc1cc(N2CCN(Cc3ccc(COc4cccc5c4CN([C@H]4CCC(=O)NC4=O)C5=O)c(F)c3)CC2)ccc1F. The van der Waals surface area contributed by atoms with Gasteiger partial charge in [0.1, 0.15) is 36.1 Å². The lowest BCUT2D eigenvalue weighted by Crippen LogP contribution is -2.52. The zero-order valence-corrected chi connectivity index (χ0v) is 23.3. The molecule has 3 aromatic carbocycles. The lowest BCUT2D eigenvalue weighted by molar-refractivity contribution is -0.136. The third kappa shape index (κ3) is 5.79. The molecule has 3 amide bonds. The van der Waals surface area contributed by atoms with Crippen molar-refractivity contribution in [2.24, 2.45) is 0 Å². The molecule has 0 aromatic heterocycles. The van der Waals surface area contributed by atoms with Gasteiger partial charge in [-0.15, -0.1) is 0 Å². The van der Waals surface area contributed by atoms with Crippen LogP contribution in [0.15, 0.2) is 54.6 Å². The molecule has 0 bridgehead atoms. The number of amides is 3. The van der Waals surface area contributed by atoms with Gasteiger partial charge >= 0.3 is 0 Å². The highest BCUT2D eigenvalue weighted by Gasteiger charge is 2.40. The standard InChI is InChI=1S/C32H29F2N5O4/c33-26-7-6-23(15-22(26)16-35)38-12-10-37(11-13-38)17-20-4-5-21(27(34)14-20)19-43-29-3-1-2-24-25(29)18-39(32(24)42)28-8-9-30(40)36-31(28)41/h1-7,14-15,28H,8-13,17-19H2,(H,36,40,41)/t28-/m0/s1. The number of imide groups is 1. The summed E-state index contributed by atoms with van der Waals surface area (Å²) in [6, 6.07) is 15.9. The number of ether oxygens (including phenoxy) is 1. The van der Waals surface area contributed by atoms with E-state index in [1.807, 2.05) is 12.1 Å². The molecule has 0 unspecified atom stereocenters. The van der Waals surface area contributed by atoms with Crippen LogP contribution in [0.3, 0.4) is 0 Å². The second-order valence-electron chi connectivity index (χ2n) is 10.9. The van der Waals surface area contributed by atoms with Crippen LogP contribution in [0.4, 0.5) is 14.5 Å². The third-order valence-electron chi connectivity index (χ3n) is 8.25. The summed E-state index contributed by atoms with van der Waals surface area (Å²) in [7, 11) is 0. The summed E-state index contributed by atoms with van der Waals surface area (Å²) in [5, 5.41) is 11.4. The van der Waals surface area contributed by atoms with E-state index in [9.17, 15) is 18.8 Å². The predicted octanol–water partition coefficient (Wildman–Crippen LogP) is 3.50. The van der Waals surface area contributed by atoms with E-state index in [0.717, 1.165) is 24.3 Å². The monoisotopic (exact) mass is 585 g/mol. The Labute approximate surface area is 247 Å². The molecule has 1 N–H and O–H groups in total. The molecular weight excluding hydrogens is 556 g/mol. The first kappa shape index (κ1) is 28.3. The summed E-state index contributed by atoms with van der Waals surface area (Å²) in [5.74, 6) is -1.59. The van der Waals surface area contributed by atoms with Crippen molar-refractivity contribution in [3.63, 3.8) is 0 Å². The number of benzene rings is 3. The Kier molecular flexibility index (Phi) is 7.78. The second kappa shape index (κ2) is 11.8. The zero-order valence-electron chi connectivity index (χ0n) is 23.3. The fraction of sp³-hybridized carbons (Fsp3) is 0.312. The number of anilines is 1. The van der Waals surface area contributed by atoms with Gasteiger partial charge < -0.3 is 14.5 Å². The van der Waals surface area contributed by atoms with Crippen molar-refractivity contribution in [2.45, 2.75) is 38.6 Å². The van der Waals surface area contributed by atoms with Gasteiger partial charge in [0.05, 0.1) is 12.1 Å². The maximum atomic E-state index is 15.1.